The Morgan fingerprint density at radius 3 is 2.69 bits per heavy atom. The van der Waals surface area contributed by atoms with Gasteiger partial charge in [0.2, 0.25) is 0 Å². The van der Waals surface area contributed by atoms with Crippen molar-refractivity contribution in [1.29, 1.82) is 5.26 Å². The fourth-order valence-electron chi connectivity index (χ4n) is 0.947. The van der Waals surface area contributed by atoms with Gasteiger partial charge in [0, 0.05) is 7.05 Å². The molecule has 0 spiro atoms. The summed E-state index contributed by atoms with van der Waals surface area (Å²) in [5.74, 6) is -0.360. The summed E-state index contributed by atoms with van der Waals surface area (Å²) in [6.45, 7) is 1.62. The van der Waals surface area contributed by atoms with E-state index in [9.17, 15) is 4.39 Å². The quantitative estimate of drug-likeness (QED) is 0.513. The summed E-state index contributed by atoms with van der Waals surface area (Å²) in [7, 11) is 1.52. The summed E-state index contributed by atoms with van der Waals surface area (Å²) >= 11 is 5.82. The monoisotopic (exact) mass is 198 g/mol. The number of hydrogen-bond acceptors (Lipinski definition) is 2. The smallest absolute Gasteiger partial charge is 0.184 e. The van der Waals surface area contributed by atoms with E-state index in [4.69, 9.17) is 16.9 Å². The maximum Gasteiger partial charge on any atom is 0.184 e. The van der Waals surface area contributed by atoms with Crippen molar-refractivity contribution in [2.24, 2.45) is 0 Å². The van der Waals surface area contributed by atoms with Crippen molar-refractivity contribution in [2.75, 3.05) is 11.9 Å². The van der Waals surface area contributed by atoms with Crippen molar-refractivity contribution in [2.45, 2.75) is 6.92 Å². The average Bonchev–Trinajstić information content (AvgIpc) is 2.10. The molecule has 0 bridgehead atoms. The molecule has 13 heavy (non-hydrogen) atoms. The van der Waals surface area contributed by atoms with E-state index in [-0.39, 0.29) is 5.82 Å². The third kappa shape index (κ3) is 1.90. The van der Waals surface area contributed by atoms with Gasteiger partial charge in [-0.15, -0.1) is 0 Å². The van der Waals surface area contributed by atoms with Crippen molar-refractivity contribution >= 4 is 17.3 Å². The maximum absolute atomic E-state index is 13.1. The first-order valence-corrected chi connectivity index (χ1v) is 4.03. The molecule has 4 heteroatoms. The highest BCUT2D eigenvalue weighted by atomic mass is 35.5. The Morgan fingerprint density at radius 2 is 2.15 bits per heavy atom. The van der Waals surface area contributed by atoms with Crippen LogP contribution < -0.4 is 4.90 Å². The van der Waals surface area contributed by atoms with E-state index in [1.807, 2.05) is 6.19 Å². The molecule has 68 valence electrons. The number of nitriles is 1. The molecule has 0 amide bonds. The first-order chi connectivity index (χ1) is 6.06. The van der Waals surface area contributed by atoms with Crippen LogP contribution in [0.15, 0.2) is 12.1 Å². The molecular weight excluding hydrogens is 191 g/mol. The number of anilines is 1. The third-order valence-electron chi connectivity index (χ3n) is 1.74. The SMILES string of the molecule is Cc1cc(Cl)c(N(C)C#N)cc1F. The Bertz CT molecular complexity index is 371. The second-order valence-corrected chi connectivity index (χ2v) is 3.12. The molecule has 2 nitrogen and oxygen atoms in total. The van der Waals surface area contributed by atoms with Crippen LogP contribution in [0.3, 0.4) is 0 Å². The van der Waals surface area contributed by atoms with Gasteiger partial charge in [-0.1, -0.05) is 11.6 Å². The van der Waals surface area contributed by atoms with Gasteiger partial charge in [0.15, 0.2) is 6.19 Å². The molecule has 0 N–H and O–H groups in total. The summed E-state index contributed by atoms with van der Waals surface area (Å²) in [5, 5.41) is 8.95. The van der Waals surface area contributed by atoms with Crippen LogP contribution in [0.4, 0.5) is 10.1 Å². The lowest BCUT2D eigenvalue weighted by Gasteiger charge is -2.11. The minimum absolute atomic E-state index is 0.360. The van der Waals surface area contributed by atoms with Gasteiger partial charge in [-0.05, 0) is 24.6 Å². The molecule has 1 rings (SSSR count). The standard InChI is InChI=1S/C9H8ClFN2/c1-6-3-7(10)9(4-8(6)11)13(2)5-12/h3-4H,1-2H3. The molecular formula is C9H8ClFN2. The molecule has 0 aliphatic carbocycles. The first-order valence-electron chi connectivity index (χ1n) is 3.65. The molecule has 0 aromatic heterocycles. The van der Waals surface area contributed by atoms with Crippen molar-refractivity contribution in [3.8, 4) is 6.19 Å². The van der Waals surface area contributed by atoms with Gasteiger partial charge in [-0.2, -0.15) is 5.26 Å². The van der Waals surface area contributed by atoms with E-state index in [1.165, 1.54) is 24.1 Å². The highest BCUT2D eigenvalue weighted by Gasteiger charge is 2.08. The van der Waals surface area contributed by atoms with Gasteiger partial charge >= 0.3 is 0 Å². The number of hydrogen-bond donors (Lipinski definition) is 0. The molecule has 1 aromatic carbocycles. The van der Waals surface area contributed by atoms with E-state index in [1.54, 1.807) is 6.92 Å². The fraction of sp³-hybridized carbons (Fsp3) is 0.222. The van der Waals surface area contributed by atoms with Crippen LogP contribution in [-0.4, -0.2) is 7.05 Å². The van der Waals surface area contributed by atoms with E-state index < -0.39 is 0 Å². The summed E-state index contributed by atoms with van der Waals surface area (Å²) in [6, 6.07) is 2.75. The minimum Gasteiger partial charge on any atom is -0.281 e. The molecule has 0 aliphatic heterocycles. The number of halogens is 2. The van der Waals surface area contributed by atoms with E-state index in [2.05, 4.69) is 0 Å². The summed E-state index contributed by atoms with van der Waals surface area (Å²) < 4.78 is 13.1. The number of benzene rings is 1. The second kappa shape index (κ2) is 3.63. The lowest BCUT2D eigenvalue weighted by molar-refractivity contribution is 0.618. The predicted molar refractivity (Wildman–Crippen MR) is 50.2 cm³/mol. The Kier molecular flexibility index (Phi) is 2.74. The van der Waals surface area contributed by atoms with Gasteiger partial charge < -0.3 is 0 Å². The van der Waals surface area contributed by atoms with Crippen LogP contribution in [0.2, 0.25) is 5.02 Å². The molecule has 0 heterocycles. The highest BCUT2D eigenvalue weighted by Crippen LogP contribution is 2.27. The van der Waals surface area contributed by atoms with E-state index in [0.717, 1.165) is 0 Å². The molecule has 0 unspecified atom stereocenters. The Balaban J connectivity index is 3.25. The van der Waals surface area contributed by atoms with Gasteiger partial charge in [-0.25, -0.2) is 4.39 Å². The number of rotatable bonds is 1. The van der Waals surface area contributed by atoms with Crippen molar-refractivity contribution in [1.82, 2.24) is 0 Å². The fourth-order valence-corrected chi connectivity index (χ4v) is 1.29. The second-order valence-electron chi connectivity index (χ2n) is 2.71. The van der Waals surface area contributed by atoms with E-state index >= 15 is 0 Å². The Labute approximate surface area is 81.1 Å². The first kappa shape index (κ1) is 9.82. The molecule has 0 aliphatic rings. The topological polar surface area (TPSA) is 27.0 Å². The highest BCUT2D eigenvalue weighted by molar-refractivity contribution is 6.33. The van der Waals surface area contributed by atoms with Crippen LogP contribution in [0.5, 0.6) is 0 Å². The number of aryl methyl sites for hydroxylation is 1. The zero-order valence-electron chi connectivity index (χ0n) is 7.31. The van der Waals surface area contributed by atoms with Crippen LogP contribution in [0.1, 0.15) is 5.56 Å². The van der Waals surface area contributed by atoms with Gasteiger partial charge in [0.05, 0.1) is 10.7 Å². The van der Waals surface area contributed by atoms with Gasteiger partial charge in [0.25, 0.3) is 0 Å². The minimum atomic E-state index is -0.360. The molecule has 0 fully saturated rings. The maximum atomic E-state index is 13.1. The van der Waals surface area contributed by atoms with Crippen LogP contribution in [-0.2, 0) is 0 Å². The van der Waals surface area contributed by atoms with Crippen LogP contribution in [0.25, 0.3) is 0 Å². The molecule has 0 saturated carbocycles. The van der Waals surface area contributed by atoms with E-state index in [0.29, 0.717) is 16.3 Å². The largest absolute Gasteiger partial charge is 0.281 e. The third-order valence-corrected chi connectivity index (χ3v) is 2.04. The van der Waals surface area contributed by atoms with Crippen LogP contribution in [0, 0.1) is 24.2 Å². The predicted octanol–water partition coefficient (Wildman–Crippen LogP) is 2.70. The van der Waals surface area contributed by atoms with Crippen molar-refractivity contribution < 1.29 is 4.39 Å². The summed E-state index contributed by atoms with van der Waals surface area (Å²) in [6.07, 6.45) is 1.85. The van der Waals surface area contributed by atoms with Crippen LogP contribution >= 0.6 is 11.6 Å². The Hall–Kier alpha value is -1.27. The van der Waals surface area contributed by atoms with Gasteiger partial charge in [-0.3, -0.25) is 4.90 Å². The summed E-state index contributed by atoms with van der Waals surface area (Å²) in [5.41, 5.74) is 0.854. The van der Waals surface area contributed by atoms with Gasteiger partial charge in [0.1, 0.15) is 5.82 Å². The molecule has 1 aromatic rings. The average molecular weight is 199 g/mol. The molecule has 0 radical (unpaired) electrons. The number of nitrogens with zero attached hydrogens (tertiary/aromatic N) is 2. The molecule has 0 atom stereocenters. The zero-order chi connectivity index (χ0) is 10.0. The van der Waals surface area contributed by atoms with Crippen molar-refractivity contribution in [3.63, 3.8) is 0 Å². The van der Waals surface area contributed by atoms with Crippen molar-refractivity contribution in [3.05, 3.63) is 28.5 Å². The summed E-state index contributed by atoms with van der Waals surface area (Å²) in [4.78, 5) is 1.21. The lowest BCUT2D eigenvalue weighted by Crippen LogP contribution is -2.09. The zero-order valence-corrected chi connectivity index (χ0v) is 8.06. The Morgan fingerprint density at radius 1 is 1.54 bits per heavy atom. The normalized spacial score (nSPS) is 9.46. The lowest BCUT2D eigenvalue weighted by atomic mass is 10.2. The molecule has 0 saturated heterocycles.